The van der Waals surface area contributed by atoms with E-state index in [4.69, 9.17) is 15.0 Å². The molecule has 0 saturated carbocycles. The first-order valence-electron chi connectivity index (χ1n) is 9.90. The first-order valence-corrected chi connectivity index (χ1v) is 11.5. The van der Waals surface area contributed by atoms with Crippen molar-refractivity contribution in [2.24, 2.45) is 5.73 Å². The molecule has 33 heavy (non-hydrogen) atoms. The van der Waals surface area contributed by atoms with Crippen LogP contribution in [0.1, 0.15) is 21.5 Å². The number of nitrogens with zero attached hydrogens (tertiary/aromatic N) is 3. The van der Waals surface area contributed by atoms with Crippen molar-refractivity contribution in [2.75, 3.05) is 17.7 Å². The number of carbonyl (C=O) groups is 1. The smallest absolute Gasteiger partial charge is 0.252 e. The summed E-state index contributed by atoms with van der Waals surface area (Å²) < 4.78 is 39.9. The highest BCUT2D eigenvalue weighted by molar-refractivity contribution is 7.92. The molecule has 2 aromatic carbocycles. The number of nitrogens with two attached hydrogens (primary N) is 1. The van der Waals surface area contributed by atoms with Gasteiger partial charge in [0, 0.05) is 23.9 Å². The van der Waals surface area contributed by atoms with Crippen molar-refractivity contribution in [3.05, 3.63) is 71.5 Å². The van der Waals surface area contributed by atoms with Gasteiger partial charge in [0.05, 0.1) is 19.9 Å². The predicted molar refractivity (Wildman–Crippen MR) is 121 cm³/mol. The van der Waals surface area contributed by atoms with Crippen molar-refractivity contribution in [3.8, 4) is 5.75 Å². The quantitative estimate of drug-likeness (QED) is 0.334. The molecule has 0 saturated heterocycles. The molecule has 0 radical (unpaired) electrons. The molecule has 172 valence electrons. The van der Waals surface area contributed by atoms with Crippen LogP contribution in [0.2, 0.25) is 0 Å². The molecule has 0 spiro atoms. The van der Waals surface area contributed by atoms with Crippen LogP contribution in [0.25, 0.3) is 11.0 Å². The average molecular weight is 471 g/mol. The van der Waals surface area contributed by atoms with E-state index in [1.807, 2.05) is 6.20 Å². The molecule has 2 aromatic heterocycles. The Morgan fingerprint density at radius 2 is 2.00 bits per heavy atom. The topological polar surface area (TPSA) is 154 Å². The second-order valence-corrected chi connectivity index (χ2v) is 8.91. The number of aromatic nitrogens is 3. The molecule has 0 bridgehead atoms. The summed E-state index contributed by atoms with van der Waals surface area (Å²) in [5.74, 6) is -0.810. The van der Waals surface area contributed by atoms with Crippen LogP contribution in [0, 0.1) is 0 Å². The van der Waals surface area contributed by atoms with E-state index in [-0.39, 0.29) is 5.82 Å². The van der Waals surface area contributed by atoms with Crippen LogP contribution in [0.4, 0.5) is 5.82 Å². The van der Waals surface area contributed by atoms with E-state index in [2.05, 4.69) is 20.3 Å². The number of hydrogen-bond acceptors (Lipinski definition) is 8. The van der Waals surface area contributed by atoms with E-state index in [0.29, 0.717) is 35.4 Å². The predicted octanol–water partition coefficient (Wildman–Crippen LogP) is 1.67. The number of carbonyl (C=O) groups excluding carboxylic acids is 1. The Morgan fingerprint density at radius 1 is 1.21 bits per heavy atom. The fourth-order valence-corrected chi connectivity index (χ4v) is 4.06. The van der Waals surface area contributed by atoms with E-state index >= 15 is 0 Å². The normalized spacial score (nSPS) is 11.5. The molecule has 12 heteroatoms. The summed E-state index contributed by atoms with van der Waals surface area (Å²) in [5, 5.41) is 10.8. The van der Waals surface area contributed by atoms with Crippen LogP contribution < -0.4 is 20.5 Å². The van der Waals surface area contributed by atoms with E-state index in [1.165, 1.54) is 7.11 Å². The van der Waals surface area contributed by atoms with Crippen LogP contribution in [-0.2, 0) is 23.1 Å². The highest BCUT2D eigenvalue weighted by atomic mass is 32.2. The lowest BCUT2D eigenvalue weighted by Crippen LogP contribution is -2.32. The van der Waals surface area contributed by atoms with Gasteiger partial charge in [0.25, 0.3) is 15.9 Å². The van der Waals surface area contributed by atoms with Gasteiger partial charge >= 0.3 is 0 Å². The summed E-state index contributed by atoms with van der Waals surface area (Å²) in [6.07, 6.45) is 3.52. The minimum absolute atomic E-state index is 0.0353. The number of nitrogens with one attached hydrogen (secondary N) is 2. The van der Waals surface area contributed by atoms with Gasteiger partial charge in [-0.25, -0.2) is 8.42 Å². The summed E-state index contributed by atoms with van der Waals surface area (Å²) in [7, 11) is -2.51. The van der Waals surface area contributed by atoms with Crippen molar-refractivity contribution in [2.45, 2.75) is 13.1 Å². The van der Waals surface area contributed by atoms with Gasteiger partial charge < -0.3 is 20.3 Å². The molecule has 4 N–H and O–H groups in total. The van der Waals surface area contributed by atoms with Gasteiger partial charge in [0.15, 0.2) is 11.4 Å². The van der Waals surface area contributed by atoms with Crippen LogP contribution in [0.15, 0.2) is 59.4 Å². The van der Waals surface area contributed by atoms with E-state index in [9.17, 15) is 13.2 Å². The van der Waals surface area contributed by atoms with Crippen molar-refractivity contribution < 1.29 is 22.5 Å². The van der Waals surface area contributed by atoms with E-state index < -0.39 is 21.8 Å². The number of methoxy groups -OCH3 is 1. The number of sulfonamides is 1. The molecule has 4 aromatic rings. The Balaban J connectivity index is 1.52. The van der Waals surface area contributed by atoms with Gasteiger partial charge in [0.1, 0.15) is 17.0 Å². The molecule has 0 aliphatic heterocycles. The third-order valence-electron chi connectivity index (χ3n) is 4.80. The zero-order valence-corrected chi connectivity index (χ0v) is 18.5. The van der Waals surface area contributed by atoms with Gasteiger partial charge in [-0.15, -0.1) is 0 Å². The van der Waals surface area contributed by atoms with Gasteiger partial charge in [-0.2, -0.15) is 5.10 Å². The lowest BCUT2D eigenvalue weighted by atomic mass is 10.1. The Kier molecular flexibility index (Phi) is 6.29. The van der Waals surface area contributed by atoms with Gasteiger partial charge in [0.2, 0.25) is 0 Å². The number of amides is 1. The Morgan fingerprint density at radius 3 is 2.70 bits per heavy atom. The fraction of sp³-hybridized carbons (Fsp3) is 0.190. The molecule has 1 amide bonds. The SMILES string of the molecule is COc1cc(Cn2cc(CN)cn2)cc2onc(NS(=O)(=O)CNC(=O)c3ccccc3)c12. The monoisotopic (exact) mass is 470 g/mol. The Labute approximate surface area is 189 Å². The first kappa shape index (κ1) is 22.3. The van der Waals surface area contributed by atoms with Crippen LogP contribution >= 0.6 is 0 Å². The summed E-state index contributed by atoms with van der Waals surface area (Å²) in [4.78, 5) is 12.1. The van der Waals surface area contributed by atoms with Crippen molar-refractivity contribution in [1.82, 2.24) is 20.3 Å². The van der Waals surface area contributed by atoms with Crippen LogP contribution in [-0.4, -0.2) is 42.2 Å². The summed E-state index contributed by atoms with van der Waals surface area (Å²) >= 11 is 0. The lowest BCUT2D eigenvalue weighted by Gasteiger charge is -2.09. The van der Waals surface area contributed by atoms with Gasteiger partial charge in [-0.1, -0.05) is 23.4 Å². The Bertz CT molecular complexity index is 1380. The van der Waals surface area contributed by atoms with Gasteiger partial charge in [-0.05, 0) is 29.8 Å². The third-order valence-corrected chi connectivity index (χ3v) is 5.82. The maximum absolute atomic E-state index is 12.5. The summed E-state index contributed by atoms with van der Waals surface area (Å²) in [6, 6.07) is 11.8. The molecule has 0 aliphatic rings. The zero-order valence-electron chi connectivity index (χ0n) is 17.7. The molecular formula is C21H22N6O5S. The van der Waals surface area contributed by atoms with E-state index in [1.54, 1.807) is 53.3 Å². The zero-order chi connectivity index (χ0) is 23.4. The lowest BCUT2D eigenvalue weighted by molar-refractivity contribution is 0.0960. The molecule has 4 rings (SSSR count). The maximum Gasteiger partial charge on any atom is 0.252 e. The second kappa shape index (κ2) is 9.30. The summed E-state index contributed by atoms with van der Waals surface area (Å²) in [5.41, 5.74) is 8.02. The maximum atomic E-state index is 12.5. The van der Waals surface area contributed by atoms with Crippen molar-refractivity contribution in [3.63, 3.8) is 0 Å². The van der Waals surface area contributed by atoms with Crippen LogP contribution in [0.5, 0.6) is 5.75 Å². The fourth-order valence-electron chi connectivity index (χ4n) is 3.23. The number of hydrogen-bond donors (Lipinski definition) is 3. The second-order valence-electron chi connectivity index (χ2n) is 7.19. The summed E-state index contributed by atoms with van der Waals surface area (Å²) in [6.45, 7) is 0.819. The molecule has 11 nitrogen and oxygen atoms in total. The largest absolute Gasteiger partial charge is 0.496 e. The molecule has 0 atom stereocenters. The molecule has 0 fully saturated rings. The Hall–Kier alpha value is -3.90. The van der Waals surface area contributed by atoms with Crippen molar-refractivity contribution >= 4 is 32.7 Å². The number of rotatable bonds is 9. The van der Waals surface area contributed by atoms with Crippen molar-refractivity contribution in [1.29, 1.82) is 0 Å². The highest BCUT2D eigenvalue weighted by Crippen LogP contribution is 2.34. The molecule has 2 heterocycles. The number of benzene rings is 2. The first-order chi connectivity index (χ1) is 15.9. The average Bonchev–Trinajstić information content (AvgIpc) is 3.44. The molecule has 0 aliphatic carbocycles. The molecule has 0 unspecified atom stereocenters. The number of anilines is 1. The minimum Gasteiger partial charge on any atom is -0.496 e. The minimum atomic E-state index is -3.97. The number of fused-ring (bicyclic) bond motifs is 1. The molecular weight excluding hydrogens is 448 g/mol. The van der Waals surface area contributed by atoms with Gasteiger partial charge in [-0.3, -0.25) is 14.2 Å². The highest BCUT2D eigenvalue weighted by Gasteiger charge is 2.21. The number of ether oxygens (including phenoxy) is 1. The van der Waals surface area contributed by atoms with E-state index in [0.717, 1.165) is 11.1 Å². The third kappa shape index (κ3) is 5.13. The standard InChI is InChI=1S/C21H22N6O5S/c1-31-17-7-14(11-27-12-15(9-22)10-24-27)8-18-19(17)20(25-32-18)26-33(29,30)13-23-21(28)16-5-3-2-4-6-16/h2-8,10,12H,9,11,13,22H2,1H3,(H,23,28)(H,25,26). The van der Waals surface area contributed by atoms with Crippen LogP contribution in [0.3, 0.4) is 0 Å².